The number of carboxylic acid groups (broad SMARTS) is 1. The van der Waals surface area contributed by atoms with Gasteiger partial charge in [-0.05, 0) is 13.3 Å². The number of carbonyl (C=O) groups is 1. The van der Waals surface area contributed by atoms with Crippen LogP contribution in [0.4, 0.5) is 4.79 Å². The van der Waals surface area contributed by atoms with Gasteiger partial charge in [-0.3, -0.25) is 0 Å². The van der Waals surface area contributed by atoms with Crippen LogP contribution in [0.1, 0.15) is 13.3 Å². The minimum Gasteiger partial charge on any atom is -0.465 e. The number of hydrogen-bond donors (Lipinski definition) is 2. The minimum absolute atomic E-state index is 0.0237. The van der Waals surface area contributed by atoms with Crippen LogP contribution in [0.3, 0.4) is 0 Å². The van der Waals surface area contributed by atoms with Gasteiger partial charge in [0.1, 0.15) is 0 Å². The zero-order valence-electron chi connectivity index (χ0n) is 7.66. The summed E-state index contributed by atoms with van der Waals surface area (Å²) in [5.41, 5.74) is 0. The molecule has 1 fully saturated rings. The van der Waals surface area contributed by atoms with Crippen molar-refractivity contribution in [1.29, 1.82) is 0 Å². The first-order chi connectivity index (χ1) is 6.18. The maximum atomic E-state index is 10.3. The van der Waals surface area contributed by atoms with Crippen molar-refractivity contribution in [1.82, 2.24) is 5.32 Å². The maximum absolute atomic E-state index is 10.3. The number of hydrogen-bond acceptors (Lipinski definition) is 3. The van der Waals surface area contributed by atoms with Gasteiger partial charge in [-0.1, -0.05) is 0 Å². The highest BCUT2D eigenvalue weighted by Crippen LogP contribution is 2.07. The normalized spacial score (nSPS) is 25.2. The average molecular weight is 189 g/mol. The third-order valence-electron chi connectivity index (χ3n) is 1.87. The second kappa shape index (κ2) is 5.04. The highest BCUT2D eigenvalue weighted by atomic mass is 16.6. The van der Waals surface area contributed by atoms with Gasteiger partial charge in [0.15, 0.2) is 0 Å². The monoisotopic (exact) mass is 189 g/mol. The van der Waals surface area contributed by atoms with Crippen LogP contribution < -0.4 is 5.32 Å². The van der Waals surface area contributed by atoms with Crippen LogP contribution in [0, 0.1) is 0 Å². The predicted octanol–water partition coefficient (Wildman–Crippen LogP) is 0.448. The van der Waals surface area contributed by atoms with E-state index in [4.69, 9.17) is 14.6 Å². The summed E-state index contributed by atoms with van der Waals surface area (Å²) in [7, 11) is 0. The van der Waals surface area contributed by atoms with Gasteiger partial charge in [-0.2, -0.15) is 0 Å². The molecule has 2 N–H and O–H groups in total. The largest absolute Gasteiger partial charge is 0.465 e. The number of ether oxygens (including phenoxy) is 2. The lowest BCUT2D eigenvalue weighted by Crippen LogP contribution is -2.38. The van der Waals surface area contributed by atoms with Crippen molar-refractivity contribution in [3.8, 4) is 0 Å². The first-order valence-electron chi connectivity index (χ1n) is 4.37. The molecule has 76 valence electrons. The van der Waals surface area contributed by atoms with Gasteiger partial charge >= 0.3 is 6.09 Å². The van der Waals surface area contributed by atoms with Gasteiger partial charge in [-0.15, -0.1) is 0 Å². The molecule has 0 aliphatic carbocycles. The molecule has 5 heteroatoms. The van der Waals surface area contributed by atoms with Crippen molar-refractivity contribution in [3.05, 3.63) is 0 Å². The van der Waals surface area contributed by atoms with Crippen LogP contribution >= 0.6 is 0 Å². The van der Waals surface area contributed by atoms with Gasteiger partial charge in [0, 0.05) is 6.04 Å². The summed E-state index contributed by atoms with van der Waals surface area (Å²) in [4.78, 5) is 10.3. The van der Waals surface area contributed by atoms with Gasteiger partial charge in [-0.25, -0.2) is 4.79 Å². The van der Waals surface area contributed by atoms with E-state index < -0.39 is 6.09 Å². The molecule has 1 amide bonds. The smallest absolute Gasteiger partial charge is 0.404 e. The van der Waals surface area contributed by atoms with Crippen molar-refractivity contribution >= 4 is 6.09 Å². The van der Waals surface area contributed by atoms with E-state index in [1.54, 1.807) is 0 Å². The summed E-state index contributed by atoms with van der Waals surface area (Å²) in [6, 6.07) is -0.0933. The highest BCUT2D eigenvalue weighted by molar-refractivity contribution is 5.64. The number of nitrogens with one attached hydrogen (secondary N) is 1. The Morgan fingerprint density at radius 1 is 1.69 bits per heavy atom. The maximum Gasteiger partial charge on any atom is 0.404 e. The highest BCUT2D eigenvalue weighted by Gasteiger charge is 2.18. The Kier molecular flexibility index (Phi) is 3.98. The quantitative estimate of drug-likeness (QED) is 0.676. The average Bonchev–Trinajstić information content (AvgIpc) is 2.04. The van der Waals surface area contributed by atoms with Crippen LogP contribution in [0.2, 0.25) is 0 Å². The van der Waals surface area contributed by atoms with Crippen molar-refractivity contribution in [2.45, 2.75) is 25.5 Å². The second-order valence-electron chi connectivity index (χ2n) is 3.15. The SMILES string of the molecule is CC(CC1COCCO1)NC(=O)O. The second-order valence-corrected chi connectivity index (χ2v) is 3.15. The first kappa shape index (κ1) is 10.3. The fourth-order valence-electron chi connectivity index (χ4n) is 1.34. The van der Waals surface area contributed by atoms with Gasteiger partial charge in [0.05, 0.1) is 25.9 Å². The standard InChI is InChI=1S/C8H15NO4/c1-6(9-8(10)11)4-7-5-12-2-3-13-7/h6-7,9H,2-5H2,1H3,(H,10,11). The molecule has 1 heterocycles. The predicted molar refractivity (Wildman–Crippen MR) is 45.8 cm³/mol. The molecular weight excluding hydrogens is 174 g/mol. The van der Waals surface area contributed by atoms with E-state index in [2.05, 4.69) is 5.32 Å². The fourth-order valence-corrected chi connectivity index (χ4v) is 1.34. The summed E-state index contributed by atoms with van der Waals surface area (Å²) in [5, 5.41) is 10.8. The van der Waals surface area contributed by atoms with Gasteiger partial charge in [0.2, 0.25) is 0 Å². The Labute approximate surface area is 77.0 Å². The third kappa shape index (κ3) is 4.10. The Morgan fingerprint density at radius 2 is 2.46 bits per heavy atom. The Bertz CT molecular complexity index is 168. The zero-order valence-corrected chi connectivity index (χ0v) is 7.66. The van der Waals surface area contributed by atoms with E-state index in [9.17, 15) is 4.79 Å². The molecule has 0 saturated carbocycles. The van der Waals surface area contributed by atoms with Crippen LogP contribution in [-0.4, -0.2) is 43.2 Å². The molecule has 0 aromatic carbocycles. The van der Waals surface area contributed by atoms with Crippen LogP contribution in [0.15, 0.2) is 0 Å². The lowest BCUT2D eigenvalue weighted by Gasteiger charge is -2.25. The number of amides is 1. The molecule has 2 atom stereocenters. The molecule has 0 aromatic heterocycles. The van der Waals surface area contributed by atoms with E-state index in [1.807, 2.05) is 6.92 Å². The summed E-state index contributed by atoms with van der Waals surface area (Å²) in [6.45, 7) is 3.61. The molecule has 13 heavy (non-hydrogen) atoms. The van der Waals surface area contributed by atoms with Crippen LogP contribution in [-0.2, 0) is 9.47 Å². The lowest BCUT2D eigenvalue weighted by molar-refractivity contribution is -0.0927. The van der Waals surface area contributed by atoms with E-state index in [0.29, 0.717) is 26.2 Å². The van der Waals surface area contributed by atoms with E-state index >= 15 is 0 Å². The Balaban J connectivity index is 2.18. The Hall–Kier alpha value is -0.810. The topological polar surface area (TPSA) is 67.8 Å². The van der Waals surface area contributed by atoms with E-state index in [-0.39, 0.29) is 12.1 Å². The molecule has 0 bridgehead atoms. The molecule has 0 spiro atoms. The van der Waals surface area contributed by atoms with Crippen molar-refractivity contribution in [2.75, 3.05) is 19.8 Å². The zero-order chi connectivity index (χ0) is 9.68. The molecule has 2 unspecified atom stereocenters. The van der Waals surface area contributed by atoms with Crippen molar-refractivity contribution in [3.63, 3.8) is 0 Å². The van der Waals surface area contributed by atoms with Gasteiger partial charge < -0.3 is 19.9 Å². The molecule has 1 aliphatic rings. The molecule has 1 saturated heterocycles. The molecule has 0 aromatic rings. The van der Waals surface area contributed by atoms with E-state index in [0.717, 1.165) is 0 Å². The van der Waals surface area contributed by atoms with Crippen molar-refractivity contribution < 1.29 is 19.4 Å². The number of rotatable bonds is 3. The first-order valence-corrected chi connectivity index (χ1v) is 4.37. The lowest BCUT2D eigenvalue weighted by atomic mass is 10.1. The minimum atomic E-state index is -0.996. The van der Waals surface area contributed by atoms with E-state index in [1.165, 1.54) is 0 Å². The third-order valence-corrected chi connectivity index (χ3v) is 1.87. The fraction of sp³-hybridized carbons (Fsp3) is 0.875. The molecule has 5 nitrogen and oxygen atoms in total. The van der Waals surface area contributed by atoms with Crippen molar-refractivity contribution in [2.24, 2.45) is 0 Å². The molecular formula is C8H15NO4. The summed E-state index contributed by atoms with van der Waals surface area (Å²) < 4.78 is 10.6. The Morgan fingerprint density at radius 3 is 3.00 bits per heavy atom. The molecule has 0 radical (unpaired) electrons. The summed E-state index contributed by atoms with van der Waals surface area (Å²) >= 11 is 0. The van der Waals surface area contributed by atoms with Gasteiger partial charge in [0.25, 0.3) is 0 Å². The molecule has 1 aliphatic heterocycles. The summed E-state index contributed by atoms with van der Waals surface area (Å²) in [5.74, 6) is 0. The summed E-state index contributed by atoms with van der Waals surface area (Å²) in [6.07, 6.45) is -0.313. The van der Waals surface area contributed by atoms with Crippen LogP contribution in [0.25, 0.3) is 0 Å². The molecule has 1 rings (SSSR count). The van der Waals surface area contributed by atoms with Crippen LogP contribution in [0.5, 0.6) is 0 Å².